The van der Waals surface area contributed by atoms with Crippen LogP contribution in [0.4, 0.5) is 0 Å². The molecular formula is C22H27N3OS. The Morgan fingerprint density at radius 3 is 2.59 bits per heavy atom. The van der Waals surface area contributed by atoms with E-state index in [1.54, 1.807) is 11.3 Å². The molecule has 3 aromatic rings. The molecule has 0 aliphatic heterocycles. The summed E-state index contributed by atoms with van der Waals surface area (Å²) in [6, 6.07) is 14.6. The van der Waals surface area contributed by atoms with Crippen molar-refractivity contribution in [2.45, 2.75) is 39.8 Å². The first-order chi connectivity index (χ1) is 12.8. The number of para-hydroxylation sites is 1. The van der Waals surface area contributed by atoms with Gasteiger partial charge in [-0.25, -0.2) is 4.98 Å². The van der Waals surface area contributed by atoms with Crippen molar-refractivity contribution in [1.82, 2.24) is 15.2 Å². The summed E-state index contributed by atoms with van der Waals surface area (Å²) in [6.07, 6.45) is 0. The summed E-state index contributed by atoms with van der Waals surface area (Å²) in [4.78, 5) is 19.3. The minimum Gasteiger partial charge on any atom is -0.348 e. The summed E-state index contributed by atoms with van der Waals surface area (Å²) in [7, 11) is 1.97. The van der Waals surface area contributed by atoms with Gasteiger partial charge in [-0.1, -0.05) is 30.3 Å². The number of thiazole rings is 1. The van der Waals surface area contributed by atoms with Crippen molar-refractivity contribution < 1.29 is 4.79 Å². The van der Waals surface area contributed by atoms with Gasteiger partial charge in [-0.2, -0.15) is 0 Å². The Kier molecular flexibility index (Phi) is 5.92. The second kappa shape index (κ2) is 8.19. The first kappa shape index (κ1) is 19.5. The summed E-state index contributed by atoms with van der Waals surface area (Å²) in [6.45, 7) is 8.66. The summed E-state index contributed by atoms with van der Waals surface area (Å²) >= 11 is 1.69. The highest BCUT2D eigenvalue weighted by atomic mass is 32.1. The minimum atomic E-state index is -0.0112. The number of rotatable bonds is 6. The summed E-state index contributed by atoms with van der Waals surface area (Å²) < 4.78 is 1.18. The number of nitrogens with zero attached hydrogens (tertiary/aromatic N) is 2. The standard InChI is InChI=1S/C22H27N3OS/c1-14-10-11-18(12-15(14)2)16(3)23-21(26)13-25(5)17(4)22-24-19-8-6-7-9-20(19)27-22/h6-12,16-17H,13H2,1-5H3,(H,23,26)/t16-,17-/m0/s1. The third kappa shape index (κ3) is 4.54. The van der Waals surface area contributed by atoms with Crippen LogP contribution < -0.4 is 5.32 Å². The molecule has 0 bridgehead atoms. The van der Waals surface area contributed by atoms with E-state index in [9.17, 15) is 4.79 Å². The molecule has 0 fully saturated rings. The van der Waals surface area contributed by atoms with Crippen LogP contribution in [0, 0.1) is 13.8 Å². The average molecular weight is 382 g/mol. The van der Waals surface area contributed by atoms with E-state index in [4.69, 9.17) is 4.98 Å². The van der Waals surface area contributed by atoms with Gasteiger partial charge in [0.05, 0.1) is 28.8 Å². The van der Waals surface area contributed by atoms with Crippen LogP contribution in [-0.4, -0.2) is 29.4 Å². The lowest BCUT2D eigenvalue weighted by molar-refractivity contribution is -0.123. The van der Waals surface area contributed by atoms with Gasteiger partial charge in [-0.3, -0.25) is 9.69 Å². The van der Waals surface area contributed by atoms with E-state index in [0.29, 0.717) is 6.54 Å². The number of likely N-dealkylation sites (N-methyl/N-ethyl adjacent to an activating group) is 1. The summed E-state index contributed by atoms with van der Waals surface area (Å²) in [5.74, 6) is 0.0242. The van der Waals surface area contributed by atoms with Gasteiger partial charge in [0, 0.05) is 0 Å². The zero-order valence-electron chi connectivity index (χ0n) is 16.6. The van der Waals surface area contributed by atoms with Crippen LogP contribution in [0.2, 0.25) is 0 Å². The number of carbonyl (C=O) groups is 1. The van der Waals surface area contributed by atoms with Gasteiger partial charge in [0.25, 0.3) is 0 Å². The zero-order chi connectivity index (χ0) is 19.6. The van der Waals surface area contributed by atoms with E-state index < -0.39 is 0 Å². The molecule has 27 heavy (non-hydrogen) atoms. The molecular weight excluding hydrogens is 354 g/mol. The Bertz CT molecular complexity index is 917. The van der Waals surface area contributed by atoms with E-state index in [-0.39, 0.29) is 18.0 Å². The first-order valence-electron chi connectivity index (χ1n) is 9.27. The van der Waals surface area contributed by atoms with E-state index in [0.717, 1.165) is 16.1 Å². The predicted octanol–water partition coefficient (Wildman–Crippen LogP) is 4.78. The van der Waals surface area contributed by atoms with Gasteiger partial charge in [-0.05, 0) is 63.6 Å². The van der Waals surface area contributed by atoms with Gasteiger partial charge in [-0.15, -0.1) is 11.3 Å². The molecule has 1 aromatic heterocycles. The number of carbonyl (C=O) groups excluding carboxylic acids is 1. The highest BCUT2D eigenvalue weighted by Gasteiger charge is 2.19. The average Bonchev–Trinajstić information content (AvgIpc) is 3.07. The molecule has 0 spiro atoms. The van der Waals surface area contributed by atoms with Crippen LogP contribution in [0.1, 0.15) is 47.6 Å². The number of nitrogens with one attached hydrogen (secondary N) is 1. The fourth-order valence-electron chi connectivity index (χ4n) is 3.03. The molecule has 0 saturated heterocycles. The van der Waals surface area contributed by atoms with Crippen LogP contribution in [0.3, 0.4) is 0 Å². The van der Waals surface area contributed by atoms with Gasteiger partial charge in [0.15, 0.2) is 0 Å². The van der Waals surface area contributed by atoms with Crippen molar-refractivity contribution in [1.29, 1.82) is 0 Å². The van der Waals surface area contributed by atoms with Crippen LogP contribution in [-0.2, 0) is 4.79 Å². The maximum Gasteiger partial charge on any atom is 0.234 e. The quantitative estimate of drug-likeness (QED) is 0.668. The van der Waals surface area contributed by atoms with Crippen molar-refractivity contribution in [3.8, 4) is 0 Å². The fraction of sp³-hybridized carbons (Fsp3) is 0.364. The van der Waals surface area contributed by atoms with E-state index >= 15 is 0 Å². The van der Waals surface area contributed by atoms with Crippen molar-refractivity contribution in [2.24, 2.45) is 0 Å². The smallest absolute Gasteiger partial charge is 0.234 e. The van der Waals surface area contributed by atoms with Gasteiger partial charge >= 0.3 is 0 Å². The van der Waals surface area contributed by atoms with Crippen molar-refractivity contribution in [2.75, 3.05) is 13.6 Å². The normalized spacial score (nSPS) is 13.7. The monoisotopic (exact) mass is 381 g/mol. The Balaban J connectivity index is 1.61. The molecule has 2 aromatic carbocycles. The van der Waals surface area contributed by atoms with Crippen LogP contribution in [0.15, 0.2) is 42.5 Å². The molecule has 0 aliphatic carbocycles. The Morgan fingerprint density at radius 2 is 1.89 bits per heavy atom. The van der Waals surface area contributed by atoms with Gasteiger partial charge in [0.2, 0.25) is 5.91 Å². The number of fused-ring (bicyclic) bond motifs is 1. The largest absolute Gasteiger partial charge is 0.348 e. The maximum absolute atomic E-state index is 12.5. The van der Waals surface area contributed by atoms with E-state index in [1.165, 1.54) is 15.8 Å². The number of aromatic nitrogens is 1. The molecule has 5 heteroatoms. The first-order valence-corrected chi connectivity index (χ1v) is 10.1. The Labute approximate surface area is 165 Å². The van der Waals surface area contributed by atoms with E-state index in [2.05, 4.69) is 50.4 Å². The SMILES string of the molecule is Cc1ccc([C@H](C)NC(=O)CN(C)[C@@H](C)c2nc3ccccc3s2)cc1C. The summed E-state index contributed by atoms with van der Waals surface area (Å²) in [5.41, 5.74) is 4.66. The molecule has 0 saturated carbocycles. The number of amides is 1. The predicted molar refractivity (Wildman–Crippen MR) is 113 cm³/mol. The number of benzene rings is 2. The third-order valence-corrected chi connectivity index (χ3v) is 6.34. The molecule has 1 heterocycles. The second-order valence-electron chi connectivity index (χ2n) is 7.24. The lowest BCUT2D eigenvalue weighted by Gasteiger charge is -2.23. The Hall–Kier alpha value is -2.24. The molecule has 0 radical (unpaired) electrons. The van der Waals surface area contributed by atoms with Crippen LogP contribution in [0.5, 0.6) is 0 Å². The topological polar surface area (TPSA) is 45.2 Å². The number of hydrogen-bond acceptors (Lipinski definition) is 4. The molecule has 0 aliphatic rings. The zero-order valence-corrected chi connectivity index (χ0v) is 17.4. The van der Waals surface area contributed by atoms with Gasteiger partial charge in [0.1, 0.15) is 5.01 Å². The molecule has 2 atom stereocenters. The van der Waals surface area contributed by atoms with Crippen LogP contribution in [0.25, 0.3) is 10.2 Å². The fourth-order valence-corrected chi connectivity index (χ4v) is 4.11. The highest BCUT2D eigenvalue weighted by Crippen LogP contribution is 2.28. The number of aryl methyl sites for hydroxylation is 2. The van der Waals surface area contributed by atoms with Crippen molar-refractivity contribution in [3.63, 3.8) is 0 Å². The Morgan fingerprint density at radius 1 is 1.15 bits per heavy atom. The summed E-state index contributed by atoms with van der Waals surface area (Å²) in [5, 5.41) is 4.14. The van der Waals surface area contributed by atoms with Crippen molar-refractivity contribution in [3.05, 3.63) is 64.2 Å². The van der Waals surface area contributed by atoms with Crippen LogP contribution >= 0.6 is 11.3 Å². The third-order valence-electron chi connectivity index (χ3n) is 5.13. The lowest BCUT2D eigenvalue weighted by atomic mass is 10.0. The van der Waals surface area contributed by atoms with Crippen molar-refractivity contribution >= 4 is 27.5 Å². The molecule has 142 valence electrons. The lowest BCUT2D eigenvalue weighted by Crippen LogP contribution is -2.37. The number of hydrogen-bond donors (Lipinski definition) is 1. The van der Waals surface area contributed by atoms with Gasteiger partial charge < -0.3 is 5.32 Å². The molecule has 1 N–H and O–H groups in total. The minimum absolute atomic E-state index is 0.0112. The molecule has 0 unspecified atom stereocenters. The van der Waals surface area contributed by atoms with E-state index in [1.807, 2.05) is 37.1 Å². The second-order valence-corrected chi connectivity index (χ2v) is 8.31. The molecule has 4 nitrogen and oxygen atoms in total. The maximum atomic E-state index is 12.5. The highest BCUT2D eigenvalue weighted by molar-refractivity contribution is 7.18. The molecule has 3 rings (SSSR count). The molecule has 1 amide bonds.